The third kappa shape index (κ3) is 5.20. The minimum absolute atomic E-state index is 0.185. The van der Waals surface area contributed by atoms with Crippen LogP contribution < -0.4 is 15.6 Å². The Hall–Kier alpha value is -1.62. The van der Waals surface area contributed by atoms with Crippen molar-refractivity contribution in [1.29, 1.82) is 0 Å². The van der Waals surface area contributed by atoms with Crippen molar-refractivity contribution in [3.63, 3.8) is 0 Å². The quantitative estimate of drug-likeness (QED) is 0.720. The number of ether oxygens (including phenoxy) is 1. The summed E-state index contributed by atoms with van der Waals surface area (Å²) in [7, 11) is 1.61. The number of nitrogens with one attached hydrogen (secondary N) is 2. The van der Waals surface area contributed by atoms with Crippen LogP contribution in [0.25, 0.3) is 0 Å². The summed E-state index contributed by atoms with van der Waals surface area (Å²) in [5, 5.41) is 1.08. The van der Waals surface area contributed by atoms with E-state index in [1.807, 2.05) is 24.3 Å². The first kappa shape index (κ1) is 17.7. The van der Waals surface area contributed by atoms with E-state index in [2.05, 4.69) is 10.9 Å². The molecule has 23 heavy (non-hydrogen) atoms. The molecule has 2 aromatic carbocycles. The standard InChI is InChI=1S/C16H15Cl3N2O2/c1-23-12-4-2-3-10(7-12)5-6-15(22)20-21-16-13(18)8-11(17)9-14(16)19/h2-4,7-9,21H,5-6H2,1H3,(H,20,22). The maximum absolute atomic E-state index is 11.9. The second kappa shape index (κ2) is 8.29. The number of anilines is 1. The monoisotopic (exact) mass is 372 g/mol. The van der Waals surface area contributed by atoms with E-state index in [4.69, 9.17) is 39.5 Å². The molecule has 0 radical (unpaired) electrons. The van der Waals surface area contributed by atoms with Gasteiger partial charge in [0.1, 0.15) is 5.75 Å². The van der Waals surface area contributed by atoms with Crippen LogP contribution >= 0.6 is 34.8 Å². The van der Waals surface area contributed by atoms with E-state index in [9.17, 15) is 4.79 Å². The molecular weight excluding hydrogens is 359 g/mol. The number of hydrazine groups is 1. The first-order valence-electron chi connectivity index (χ1n) is 6.82. The first-order chi connectivity index (χ1) is 11.0. The molecule has 4 nitrogen and oxygen atoms in total. The van der Waals surface area contributed by atoms with E-state index in [1.54, 1.807) is 19.2 Å². The predicted octanol–water partition coefficient (Wildman–Crippen LogP) is 4.73. The van der Waals surface area contributed by atoms with Crippen LogP contribution in [0.3, 0.4) is 0 Å². The molecule has 0 spiro atoms. The Balaban J connectivity index is 1.88. The highest BCUT2D eigenvalue weighted by molar-refractivity contribution is 6.41. The third-order valence-electron chi connectivity index (χ3n) is 3.11. The highest BCUT2D eigenvalue weighted by Gasteiger charge is 2.09. The predicted molar refractivity (Wildman–Crippen MR) is 94.6 cm³/mol. The molecule has 0 aliphatic heterocycles. The van der Waals surface area contributed by atoms with Gasteiger partial charge >= 0.3 is 0 Å². The molecule has 0 aromatic heterocycles. The first-order valence-corrected chi connectivity index (χ1v) is 7.95. The fourth-order valence-electron chi connectivity index (χ4n) is 1.94. The van der Waals surface area contributed by atoms with E-state index in [0.29, 0.717) is 33.6 Å². The summed E-state index contributed by atoms with van der Waals surface area (Å²) in [6.07, 6.45) is 0.899. The van der Waals surface area contributed by atoms with Crippen LogP contribution in [0.4, 0.5) is 5.69 Å². The van der Waals surface area contributed by atoms with Crippen molar-refractivity contribution in [1.82, 2.24) is 5.43 Å². The molecule has 0 fully saturated rings. The van der Waals surface area contributed by atoms with Gasteiger partial charge in [0, 0.05) is 11.4 Å². The Labute approximate surface area is 149 Å². The van der Waals surface area contributed by atoms with Gasteiger partial charge in [-0.1, -0.05) is 46.9 Å². The van der Waals surface area contributed by atoms with Crippen LogP contribution in [0.2, 0.25) is 15.1 Å². The maximum Gasteiger partial charge on any atom is 0.238 e. The molecule has 7 heteroatoms. The molecule has 1 amide bonds. The van der Waals surface area contributed by atoms with E-state index in [-0.39, 0.29) is 5.91 Å². The molecule has 0 bridgehead atoms. The number of hydrogen-bond acceptors (Lipinski definition) is 3. The number of methoxy groups -OCH3 is 1. The van der Waals surface area contributed by atoms with Gasteiger partial charge in [-0.05, 0) is 36.2 Å². The molecule has 0 atom stereocenters. The Morgan fingerprint density at radius 1 is 1.13 bits per heavy atom. The van der Waals surface area contributed by atoms with Crippen LogP contribution in [0.15, 0.2) is 36.4 Å². The largest absolute Gasteiger partial charge is 0.497 e. The SMILES string of the molecule is COc1cccc(CCC(=O)NNc2c(Cl)cc(Cl)cc2Cl)c1. The van der Waals surface area contributed by atoms with Crippen molar-refractivity contribution in [3.8, 4) is 5.75 Å². The summed E-state index contributed by atoms with van der Waals surface area (Å²) < 4.78 is 5.15. The molecule has 2 aromatic rings. The van der Waals surface area contributed by atoms with Crippen molar-refractivity contribution in [2.24, 2.45) is 0 Å². The smallest absolute Gasteiger partial charge is 0.238 e. The van der Waals surface area contributed by atoms with Gasteiger partial charge in [0.05, 0.1) is 22.8 Å². The van der Waals surface area contributed by atoms with Crippen LogP contribution in [0.1, 0.15) is 12.0 Å². The lowest BCUT2D eigenvalue weighted by Crippen LogP contribution is -2.29. The Morgan fingerprint density at radius 3 is 2.48 bits per heavy atom. The lowest BCUT2D eigenvalue weighted by Gasteiger charge is -2.12. The molecule has 2 rings (SSSR count). The minimum Gasteiger partial charge on any atom is -0.497 e. The number of halogens is 3. The average Bonchev–Trinajstić information content (AvgIpc) is 2.52. The molecule has 0 saturated heterocycles. The van der Waals surface area contributed by atoms with Crippen molar-refractivity contribution < 1.29 is 9.53 Å². The van der Waals surface area contributed by atoms with Crippen molar-refractivity contribution in [2.45, 2.75) is 12.8 Å². The van der Waals surface area contributed by atoms with Gasteiger partial charge < -0.3 is 4.74 Å². The number of aryl methyl sites for hydroxylation is 1. The summed E-state index contributed by atoms with van der Waals surface area (Å²) >= 11 is 17.9. The number of rotatable bonds is 6. The van der Waals surface area contributed by atoms with Gasteiger partial charge in [0.15, 0.2) is 0 Å². The Kier molecular flexibility index (Phi) is 6.39. The molecule has 0 aliphatic carbocycles. The van der Waals surface area contributed by atoms with E-state index in [1.165, 1.54) is 0 Å². The topological polar surface area (TPSA) is 50.4 Å². The number of benzene rings is 2. The minimum atomic E-state index is -0.185. The fraction of sp³-hybridized carbons (Fsp3) is 0.188. The lowest BCUT2D eigenvalue weighted by molar-refractivity contribution is -0.120. The van der Waals surface area contributed by atoms with Gasteiger partial charge in [-0.2, -0.15) is 0 Å². The zero-order chi connectivity index (χ0) is 16.8. The van der Waals surface area contributed by atoms with Crippen molar-refractivity contribution >= 4 is 46.4 Å². The molecule has 0 saturated carbocycles. The van der Waals surface area contributed by atoms with Crippen LogP contribution in [-0.4, -0.2) is 13.0 Å². The van der Waals surface area contributed by atoms with E-state index in [0.717, 1.165) is 11.3 Å². The van der Waals surface area contributed by atoms with Crippen LogP contribution in [-0.2, 0) is 11.2 Å². The summed E-state index contributed by atoms with van der Waals surface area (Å²) in [5.41, 5.74) is 6.71. The summed E-state index contributed by atoms with van der Waals surface area (Å²) in [6.45, 7) is 0. The Bertz CT molecular complexity index is 684. The average molecular weight is 374 g/mol. The van der Waals surface area contributed by atoms with Gasteiger partial charge in [-0.15, -0.1) is 0 Å². The zero-order valence-electron chi connectivity index (χ0n) is 12.3. The normalized spacial score (nSPS) is 10.3. The highest BCUT2D eigenvalue weighted by Crippen LogP contribution is 2.33. The van der Waals surface area contributed by atoms with Crippen molar-refractivity contribution in [2.75, 3.05) is 12.5 Å². The van der Waals surface area contributed by atoms with Crippen molar-refractivity contribution in [3.05, 3.63) is 57.0 Å². The molecule has 0 heterocycles. The van der Waals surface area contributed by atoms with Crippen LogP contribution in [0.5, 0.6) is 5.75 Å². The fourth-order valence-corrected chi connectivity index (χ4v) is 2.85. The summed E-state index contributed by atoms with van der Waals surface area (Å²) in [6, 6.07) is 10.7. The molecular formula is C16H15Cl3N2O2. The third-order valence-corrected chi connectivity index (χ3v) is 3.92. The van der Waals surface area contributed by atoms with Gasteiger partial charge in [0.25, 0.3) is 0 Å². The lowest BCUT2D eigenvalue weighted by atomic mass is 10.1. The van der Waals surface area contributed by atoms with Gasteiger partial charge in [-0.25, -0.2) is 0 Å². The zero-order valence-corrected chi connectivity index (χ0v) is 14.6. The molecule has 0 unspecified atom stereocenters. The molecule has 122 valence electrons. The number of carbonyl (C=O) groups is 1. The number of carbonyl (C=O) groups excluding carboxylic acids is 1. The second-order valence-electron chi connectivity index (χ2n) is 4.77. The van der Waals surface area contributed by atoms with Gasteiger partial charge in [-0.3, -0.25) is 15.6 Å². The number of hydrogen-bond donors (Lipinski definition) is 2. The summed E-state index contributed by atoms with van der Waals surface area (Å²) in [5.74, 6) is 0.579. The maximum atomic E-state index is 11.9. The molecule has 0 aliphatic rings. The second-order valence-corrected chi connectivity index (χ2v) is 6.02. The van der Waals surface area contributed by atoms with Crippen LogP contribution in [0, 0.1) is 0 Å². The van der Waals surface area contributed by atoms with E-state index >= 15 is 0 Å². The number of amides is 1. The van der Waals surface area contributed by atoms with Gasteiger partial charge in [0.2, 0.25) is 5.91 Å². The van der Waals surface area contributed by atoms with E-state index < -0.39 is 0 Å². The Morgan fingerprint density at radius 2 is 1.83 bits per heavy atom. The molecule has 2 N–H and O–H groups in total. The highest BCUT2D eigenvalue weighted by atomic mass is 35.5. The summed E-state index contributed by atoms with van der Waals surface area (Å²) in [4.78, 5) is 11.9.